The Morgan fingerprint density at radius 1 is 1.32 bits per heavy atom. The molecule has 0 heterocycles. The zero-order valence-corrected chi connectivity index (χ0v) is 12.4. The first-order valence-corrected chi connectivity index (χ1v) is 6.71. The van der Waals surface area contributed by atoms with Gasteiger partial charge in [-0.15, -0.1) is 0 Å². The summed E-state index contributed by atoms with van der Waals surface area (Å²) in [6, 6.07) is 10.0. The minimum absolute atomic E-state index is 0.0669. The summed E-state index contributed by atoms with van der Waals surface area (Å²) in [5.41, 5.74) is 2.00. The molecule has 2 aromatic rings. The van der Waals surface area contributed by atoms with E-state index in [9.17, 15) is 9.90 Å². The van der Waals surface area contributed by atoms with Gasteiger partial charge in [-0.05, 0) is 46.6 Å². The molecule has 0 fully saturated rings. The quantitative estimate of drug-likeness (QED) is 0.853. The second-order valence-corrected chi connectivity index (χ2v) is 5.26. The van der Waals surface area contributed by atoms with E-state index in [0.29, 0.717) is 11.3 Å². The molecule has 0 aliphatic rings. The zero-order valence-electron chi connectivity index (χ0n) is 10.1. The zero-order chi connectivity index (χ0) is 14.0. The number of carbonyl (C=O) groups is 1. The molecule has 0 atom stereocenters. The molecule has 3 nitrogen and oxygen atoms in total. The maximum Gasteiger partial charge on any atom is 0.256 e. The lowest BCUT2D eigenvalue weighted by Gasteiger charge is -2.09. The molecule has 0 unspecified atom stereocenters. The molecule has 0 aliphatic carbocycles. The van der Waals surface area contributed by atoms with Crippen LogP contribution in [-0.4, -0.2) is 11.0 Å². The number of rotatable bonds is 2. The van der Waals surface area contributed by atoms with Gasteiger partial charge in [-0.2, -0.15) is 0 Å². The number of hydrogen-bond donors (Lipinski definition) is 2. The smallest absolute Gasteiger partial charge is 0.256 e. The van der Waals surface area contributed by atoms with Crippen molar-refractivity contribution < 1.29 is 9.90 Å². The lowest BCUT2D eigenvalue weighted by atomic mass is 10.1. The lowest BCUT2D eigenvalue weighted by molar-refractivity contribution is 0.102. The number of aromatic hydroxyl groups is 1. The van der Waals surface area contributed by atoms with Crippen molar-refractivity contribution in [2.24, 2.45) is 0 Å². The summed E-state index contributed by atoms with van der Waals surface area (Å²) in [6.45, 7) is 1.91. The molecule has 0 radical (unpaired) electrons. The van der Waals surface area contributed by atoms with E-state index >= 15 is 0 Å². The first-order valence-electron chi connectivity index (χ1n) is 5.54. The Bertz CT molecular complexity index is 643. The van der Waals surface area contributed by atoms with Crippen LogP contribution in [0.15, 0.2) is 40.9 Å². The van der Waals surface area contributed by atoms with E-state index in [-0.39, 0.29) is 16.7 Å². The normalized spacial score (nSPS) is 10.3. The first kappa shape index (κ1) is 13.9. The van der Waals surface area contributed by atoms with Crippen LogP contribution in [0, 0.1) is 6.92 Å². The first-order chi connectivity index (χ1) is 8.99. The summed E-state index contributed by atoms with van der Waals surface area (Å²) in [7, 11) is 0. The van der Waals surface area contributed by atoms with Gasteiger partial charge in [0.05, 0.1) is 10.6 Å². The maximum absolute atomic E-state index is 12.1. The molecule has 2 rings (SSSR count). The monoisotopic (exact) mass is 339 g/mol. The predicted octanol–water partition coefficient (Wildman–Crippen LogP) is 4.37. The van der Waals surface area contributed by atoms with Crippen molar-refractivity contribution in [1.29, 1.82) is 0 Å². The second-order valence-electron chi connectivity index (χ2n) is 4.06. The Balaban J connectivity index is 2.26. The number of nitrogens with one attached hydrogen (secondary N) is 1. The van der Waals surface area contributed by atoms with Crippen molar-refractivity contribution in [2.75, 3.05) is 5.32 Å². The van der Waals surface area contributed by atoms with E-state index in [4.69, 9.17) is 11.6 Å². The van der Waals surface area contributed by atoms with E-state index < -0.39 is 0 Å². The van der Waals surface area contributed by atoms with E-state index in [1.807, 2.05) is 19.1 Å². The van der Waals surface area contributed by atoms with E-state index in [1.54, 1.807) is 12.1 Å². The van der Waals surface area contributed by atoms with Crippen molar-refractivity contribution in [1.82, 2.24) is 0 Å². The van der Waals surface area contributed by atoms with Gasteiger partial charge in [-0.3, -0.25) is 4.79 Å². The number of carbonyl (C=O) groups excluding carboxylic acids is 1. The average Bonchev–Trinajstić information content (AvgIpc) is 2.37. The third-order valence-electron chi connectivity index (χ3n) is 2.64. The molecule has 0 spiro atoms. The van der Waals surface area contributed by atoms with Gasteiger partial charge in [-0.1, -0.05) is 23.7 Å². The summed E-state index contributed by atoms with van der Waals surface area (Å²) in [5.74, 6) is -0.319. The van der Waals surface area contributed by atoms with E-state index in [1.165, 1.54) is 12.1 Å². The van der Waals surface area contributed by atoms with Gasteiger partial charge in [0.1, 0.15) is 5.75 Å². The van der Waals surface area contributed by atoms with Gasteiger partial charge in [0.25, 0.3) is 5.91 Å². The number of benzene rings is 2. The Kier molecular flexibility index (Phi) is 4.12. The van der Waals surface area contributed by atoms with Crippen LogP contribution >= 0.6 is 27.5 Å². The Morgan fingerprint density at radius 2 is 2.05 bits per heavy atom. The van der Waals surface area contributed by atoms with Gasteiger partial charge in [0, 0.05) is 16.2 Å². The van der Waals surface area contributed by atoms with Crippen LogP contribution in [0.5, 0.6) is 5.75 Å². The third kappa shape index (κ3) is 3.08. The summed E-state index contributed by atoms with van der Waals surface area (Å²) in [5, 5.41) is 12.4. The fourth-order valence-electron chi connectivity index (χ4n) is 1.61. The largest absolute Gasteiger partial charge is 0.506 e. The molecule has 5 heteroatoms. The predicted molar refractivity (Wildman–Crippen MR) is 79.9 cm³/mol. The molecular formula is C14H11BrClNO2. The minimum atomic E-state index is -0.253. The molecule has 0 saturated carbocycles. The summed E-state index contributed by atoms with van der Waals surface area (Å²) in [6.07, 6.45) is 0. The topological polar surface area (TPSA) is 49.3 Å². The van der Waals surface area contributed by atoms with Crippen LogP contribution in [0.4, 0.5) is 5.69 Å². The molecule has 0 aliphatic heterocycles. The van der Waals surface area contributed by atoms with Crippen molar-refractivity contribution >= 4 is 39.1 Å². The summed E-state index contributed by atoms with van der Waals surface area (Å²) < 4.78 is 0.755. The van der Waals surface area contributed by atoms with E-state index in [2.05, 4.69) is 21.2 Å². The van der Waals surface area contributed by atoms with Gasteiger partial charge in [0.2, 0.25) is 0 Å². The maximum atomic E-state index is 12.1. The SMILES string of the molecule is Cc1cccc(C(=O)Nc2ccc(Cl)c(O)c2)c1Br. The van der Waals surface area contributed by atoms with Crippen molar-refractivity contribution in [3.05, 3.63) is 57.0 Å². The van der Waals surface area contributed by atoms with Crippen LogP contribution in [0.1, 0.15) is 15.9 Å². The van der Waals surface area contributed by atoms with Crippen molar-refractivity contribution in [3.63, 3.8) is 0 Å². The number of hydrogen-bond acceptors (Lipinski definition) is 2. The molecule has 98 valence electrons. The Labute approximate surface area is 124 Å². The third-order valence-corrected chi connectivity index (χ3v) is 4.01. The summed E-state index contributed by atoms with van der Waals surface area (Å²) >= 11 is 9.10. The van der Waals surface area contributed by atoms with Gasteiger partial charge in [0.15, 0.2) is 0 Å². The minimum Gasteiger partial charge on any atom is -0.506 e. The molecule has 2 N–H and O–H groups in total. The lowest BCUT2D eigenvalue weighted by Crippen LogP contribution is -2.12. The highest BCUT2D eigenvalue weighted by atomic mass is 79.9. The highest BCUT2D eigenvalue weighted by molar-refractivity contribution is 9.10. The average molecular weight is 341 g/mol. The molecule has 0 saturated heterocycles. The van der Waals surface area contributed by atoms with Crippen molar-refractivity contribution in [2.45, 2.75) is 6.92 Å². The Hall–Kier alpha value is -1.52. The van der Waals surface area contributed by atoms with Crippen molar-refractivity contribution in [3.8, 4) is 5.75 Å². The highest BCUT2D eigenvalue weighted by Crippen LogP contribution is 2.27. The highest BCUT2D eigenvalue weighted by Gasteiger charge is 2.12. The number of anilines is 1. The molecule has 1 amide bonds. The molecule has 2 aromatic carbocycles. The Morgan fingerprint density at radius 3 is 2.74 bits per heavy atom. The van der Waals surface area contributed by atoms with Crippen LogP contribution in [0.25, 0.3) is 0 Å². The van der Waals surface area contributed by atoms with Crippen LogP contribution in [0.3, 0.4) is 0 Å². The van der Waals surface area contributed by atoms with Crippen LogP contribution in [-0.2, 0) is 0 Å². The van der Waals surface area contributed by atoms with Crippen LogP contribution < -0.4 is 5.32 Å². The van der Waals surface area contributed by atoms with E-state index in [0.717, 1.165) is 10.0 Å². The molecule has 0 bridgehead atoms. The number of phenolic OH excluding ortho intramolecular Hbond substituents is 1. The summed E-state index contributed by atoms with van der Waals surface area (Å²) in [4.78, 5) is 12.1. The fourth-order valence-corrected chi connectivity index (χ4v) is 2.17. The van der Waals surface area contributed by atoms with Gasteiger partial charge < -0.3 is 10.4 Å². The molecular weight excluding hydrogens is 330 g/mol. The molecule has 0 aromatic heterocycles. The van der Waals surface area contributed by atoms with Gasteiger partial charge in [-0.25, -0.2) is 0 Å². The number of aryl methyl sites for hydroxylation is 1. The fraction of sp³-hybridized carbons (Fsp3) is 0.0714. The second kappa shape index (κ2) is 5.63. The van der Waals surface area contributed by atoms with Gasteiger partial charge >= 0.3 is 0 Å². The number of phenols is 1. The number of halogens is 2. The number of amides is 1. The molecule has 19 heavy (non-hydrogen) atoms. The van der Waals surface area contributed by atoms with Crippen LogP contribution in [0.2, 0.25) is 5.02 Å². The standard InChI is InChI=1S/C14H11BrClNO2/c1-8-3-2-4-10(13(8)15)14(19)17-9-5-6-11(16)12(18)7-9/h2-7,18H,1H3,(H,17,19).